The highest BCUT2D eigenvalue weighted by Gasteiger charge is 2.25. The normalized spacial score (nSPS) is 12.3. The highest BCUT2D eigenvalue weighted by Crippen LogP contribution is 2.16. The molecule has 1 N–H and O–H groups in total. The van der Waals surface area contributed by atoms with Crippen LogP contribution in [0.15, 0.2) is 18.2 Å². The summed E-state index contributed by atoms with van der Waals surface area (Å²) >= 11 is 0. The smallest absolute Gasteiger partial charge is 0.445 e. The number of nitrogens with zero attached hydrogens (tertiary/aromatic N) is 1. The van der Waals surface area contributed by atoms with Gasteiger partial charge in [-0.3, -0.25) is 5.10 Å². The number of nitrogens with one attached hydrogen (secondary N) is 1. The molecule has 1 aromatic heterocycles. The highest BCUT2D eigenvalue weighted by molar-refractivity contribution is 6.73. The zero-order valence-corrected chi connectivity index (χ0v) is 7.39. The molecule has 2 nitrogen and oxygen atoms in total. The lowest BCUT2D eigenvalue weighted by Gasteiger charge is -2.14. The molecular formula is C8H7BF3N2-. The van der Waals surface area contributed by atoms with Crippen molar-refractivity contribution < 1.29 is 12.9 Å². The number of benzene rings is 1. The number of hydrogen-bond donors (Lipinski definition) is 1. The molecule has 1 heterocycles. The van der Waals surface area contributed by atoms with Crippen molar-refractivity contribution >= 4 is 23.3 Å². The van der Waals surface area contributed by atoms with Crippen molar-refractivity contribution in [2.45, 2.75) is 6.92 Å². The summed E-state index contributed by atoms with van der Waals surface area (Å²) in [7, 11) is 0. The van der Waals surface area contributed by atoms with Crippen molar-refractivity contribution in [2.24, 2.45) is 0 Å². The van der Waals surface area contributed by atoms with Gasteiger partial charge in [-0.05, 0) is 13.0 Å². The Bertz CT molecular complexity index is 475. The average molecular weight is 199 g/mol. The fraction of sp³-hybridized carbons (Fsp3) is 0.125. The second-order valence-electron chi connectivity index (χ2n) is 3.20. The quantitative estimate of drug-likeness (QED) is 0.698. The molecule has 0 bridgehead atoms. The maximum absolute atomic E-state index is 12.4. The van der Waals surface area contributed by atoms with Gasteiger partial charge in [0.25, 0.3) is 0 Å². The second-order valence-corrected chi connectivity index (χ2v) is 3.20. The van der Waals surface area contributed by atoms with Crippen LogP contribution in [0.2, 0.25) is 0 Å². The van der Waals surface area contributed by atoms with Gasteiger partial charge >= 0.3 is 6.98 Å². The molecule has 0 aliphatic heterocycles. The maximum atomic E-state index is 12.4. The molecule has 0 atom stereocenters. The van der Waals surface area contributed by atoms with Gasteiger partial charge in [0.2, 0.25) is 0 Å². The molecule has 6 heteroatoms. The predicted octanol–water partition coefficient (Wildman–Crippen LogP) is 1.93. The predicted molar refractivity (Wildman–Crippen MR) is 49.5 cm³/mol. The van der Waals surface area contributed by atoms with Gasteiger partial charge in [-0.1, -0.05) is 12.1 Å². The van der Waals surface area contributed by atoms with Crippen LogP contribution < -0.4 is 5.46 Å². The average Bonchev–Trinajstić information content (AvgIpc) is 2.46. The van der Waals surface area contributed by atoms with Crippen molar-refractivity contribution in [3.63, 3.8) is 0 Å². The molecule has 0 amide bonds. The fourth-order valence-electron chi connectivity index (χ4n) is 1.36. The van der Waals surface area contributed by atoms with Crippen LogP contribution in [-0.4, -0.2) is 17.2 Å². The maximum Gasteiger partial charge on any atom is 0.509 e. The van der Waals surface area contributed by atoms with E-state index in [9.17, 15) is 12.9 Å². The van der Waals surface area contributed by atoms with Gasteiger partial charge in [-0.2, -0.15) is 5.10 Å². The van der Waals surface area contributed by atoms with Crippen molar-refractivity contribution in [2.75, 3.05) is 0 Å². The van der Waals surface area contributed by atoms with Crippen LogP contribution in [-0.2, 0) is 0 Å². The third-order valence-electron chi connectivity index (χ3n) is 2.15. The number of aromatic amines is 1. The molecule has 0 spiro atoms. The zero-order chi connectivity index (χ0) is 10.3. The standard InChI is InChI=1S/C8H7BF3N2/c1-5-7-4-6(9(10,11)12)2-3-8(7)14-13-5/h2-4H,1H3,(H,13,14)/q-1. The third-order valence-corrected chi connectivity index (χ3v) is 2.15. The second kappa shape index (κ2) is 2.77. The first kappa shape index (κ1) is 9.11. The minimum absolute atomic E-state index is 0.529. The van der Waals surface area contributed by atoms with E-state index in [1.807, 2.05) is 0 Å². The van der Waals surface area contributed by atoms with E-state index in [-0.39, 0.29) is 0 Å². The molecule has 0 aliphatic carbocycles. The topological polar surface area (TPSA) is 28.7 Å². The van der Waals surface area contributed by atoms with Crippen LogP contribution >= 0.6 is 0 Å². The monoisotopic (exact) mass is 199 g/mol. The summed E-state index contributed by atoms with van der Waals surface area (Å²) in [4.78, 5) is 0. The van der Waals surface area contributed by atoms with Gasteiger partial charge in [0, 0.05) is 11.1 Å². The zero-order valence-electron chi connectivity index (χ0n) is 7.39. The Labute approximate surface area is 78.2 Å². The number of halogens is 3. The molecule has 0 aliphatic rings. The Morgan fingerprint density at radius 3 is 2.64 bits per heavy atom. The van der Waals surface area contributed by atoms with Crippen molar-refractivity contribution in [3.05, 3.63) is 23.9 Å². The van der Waals surface area contributed by atoms with E-state index in [0.29, 0.717) is 16.6 Å². The fourth-order valence-corrected chi connectivity index (χ4v) is 1.36. The Morgan fingerprint density at radius 1 is 1.29 bits per heavy atom. The number of aryl methyl sites for hydroxylation is 1. The molecule has 0 unspecified atom stereocenters. The summed E-state index contributed by atoms with van der Waals surface area (Å²) in [6, 6.07) is 3.57. The van der Waals surface area contributed by atoms with Crippen LogP contribution in [0.1, 0.15) is 5.69 Å². The van der Waals surface area contributed by atoms with E-state index < -0.39 is 12.4 Å². The first-order valence-corrected chi connectivity index (χ1v) is 4.13. The van der Waals surface area contributed by atoms with Crippen molar-refractivity contribution in [1.29, 1.82) is 0 Å². The first-order chi connectivity index (χ1) is 6.48. The van der Waals surface area contributed by atoms with Crippen LogP contribution in [0.3, 0.4) is 0 Å². The van der Waals surface area contributed by atoms with Gasteiger partial charge in [0.05, 0.1) is 5.52 Å². The number of aromatic nitrogens is 2. The van der Waals surface area contributed by atoms with Gasteiger partial charge in [-0.15, -0.1) is 5.46 Å². The molecule has 2 aromatic rings. The van der Waals surface area contributed by atoms with E-state index in [1.165, 1.54) is 6.07 Å². The van der Waals surface area contributed by atoms with E-state index in [0.717, 1.165) is 12.1 Å². The molecule has 74 valence electrons. The van der Waals surface area contributed by atoms with Crippen LogP contribution in [0.5, 0.6) is 0 Å². The van der Waals surface area contributed by atoms with E-state index in [4.69, 9.17) is 0 Å². The minimum Gasteiger partial charge on any atom is -0.445 e. The Morgan fingerprint density at radius 2 is 2.00 bits per heavy atom. The number of rotatable bonds is 1. The molecule has 0 saturated carbocycles. The highest BCUT2D eigenvalue weighted by atomic mass is 19.4. The van der Waals surface area contributed by atoms with E-state index in [1.54, 1.807) is 6.92 Å². The Kier molecular flexibility index (Phi) is 1.80. The molecule has 0 radical (unpaired) electrons. The molecule has 14 heavy (non-hydrogen) atoms. The molecule has 0 saturated heterocycles. The van der Waals surface area contributed by atoms with Gasteiger partial charge in [0.15, 0.2) is 0 Å². The first-order valence-electron chi connectivity index (χ1n) is 4.13. The number of fused-ring (bicyclic) bond motifs is 1. The van der Waals surface area contributed by atoms with Crippen LogP contribution in [0.25, 0.3) is 10.9 Å². The van der Waals surface area contributed by atoms with Gasteiger partial charge < -0.3 is 12.9 Å². The Hall–Kier alpha value is -1.46. The summed E-state index contributed by atoms with van der Waals surface area (Å²) in [5, 5.41) is 7.03. The summed E-state index contributed by atoms with van der Waals surface area (Å²) in [5.41, 5.74) is 0.634. The van der Waals surface area contributed by atoms with Crippen LogP contribution in [0.4, 0.5) is 12.9 Å². The molecule has 1 aromatic carbocycles. The largest absolute Gasteiger partial charge is 0.509 e. The summed E-state index contributed by atoms with van der Waals surface area (Å²) in [6.45, 7) is -3.22. The number of H-pyrrole nitrogens is 1. The minimum atomic E-state index is -4.92. The van der Waals surface area contributed by atoms with Crippen molar-refractivity contribution in [1.82, 2.24) is 10.2 Å². The van der Waals surface area contributed by atoms with Crippen molar-refractivity contribution in [3.8, 4) is 0 Å². The lowest BCUT2D eigenvalue weighted by Crippen LogP contribution is -2.33. The molecule has 2 rings (SSSR count). The van der Waals surface area contributed by atoms with Gasteiger partial charge in [0.1, 0.15) is 0 Å². The summed E-state index contributed by atoms with van der Waals surface area (Å²) in [6.07, 6.45) is 0. The molecule has 0 fully saturated rings. The summed E-state index contributed by atoms with van der Waals surface area (Å²) < 4.78 is 37.2. The SMILES string of the molecule is Cc1[nH]nc2ccc([B-](F)(F)F)cc12. The van der Waals surface area contributed by atoms with E-state index >= 15 is 0 Å². The number of hydrogen-bond acceptors (Lipinski definition) is 1. The molecular weight excluding hydrogens is 192 g/mol. The van der Waals surface area contributed by atoms with Crippen LogP contribution in [0, 0.1) is 6.92 Å². The lowest BCUT2D eigenvalue weighted by atomic mass is 9.79. The third kappa shape index (κ3) is 1.36. The Balaban J connectivity index is 2.66. The lowest BCUT2D eigenvalue weighted by molar-refractivity contribution is 0.501. The summed E-state index contributed by atoms with van der Waals surface area (Å²) in [5.74, 6) is 0. The van der Waals surface area contributed by atoms with E-state index in [2.05, 4.69) is 10.2 Å². The van der Waals surface area contributed by atoms with Gasteiger partial charge in [-0.25, -0.2) is 0 Å².